The topological polar surface area (TPSA) is 102 Å². The van der Waals surface area contributed by atoms with Crippen molar-refractivity contribution >= 4 is 35.3 Å². The van der Waals surface area contributed by atoms with E-state index in [-0.39, 0.29) is 5.75 Å². The lowest BCUT2D eigenvalue weighted by Crippen LogP contribution is -2.40. The average molecular weight is 431 g/mol. The van der Waals surface area contributed by atoms with Gasteiger partial charge in [-0.15, -0.1) is 10.2 Å². The van der Waals surface area contributed by atoms with Crippen molar-refractivity contribution in [3.8, 4) is 17.1 Å². The quantitative estimate of drug-likeness (QED) is 0.582. The summed E-state index contributed by atoms with van der Waals surface area (Å²) < 4.78 is 1.85. The molecule has 1 aromatic carbocycles. The van der Waals surface area contributed by atoms with E-state index in [1.165, 1.54) is 11.8 Å². The molecule has 0 saturated heterocycles. The van der Waals surface area contributed by atoms with Crippen LogP contribution in [0.4, 0.5) is 4.79 Å². The molecule has 0 fully saturated rings. The van der Waals surface area contributed by atoms with Gasteiger partial charge in [0.2, 0.25) is 5.91 Å². The molecule has 0 unspecified atom stereocenters. The fourth-order valence-corrected chi connectivity index (χ4v) is 3.52. The predicted molar refractivity (Wildman–Crippen MR) is 112 cm³/mol. The molecule has 8 nitrogen and oxygen atoms in total. The van der Waals surface area contributed by atoms with E-state index in [0.29, 0.717) is 22.5 Å². The normalized spacial score (nSPS) is 10.6. The summed E-state index contributed by atoms with van der Waals surface area (Å²) >= 11 is 7.50. The summed E-state index contributed by atoms with van der Waals surface area (Å²) in [5, 5.41) is 14.5. The van der Waals surface area contributed by atoms with Crippen molar-refractivity contribution in [2.45, 2.75) is 19.0 Å². The number of nitrogens with zero attached hydrogens (tertiary/aromatic N) is 4. The van der Waals surface area contributed by atoms with Crippen LogP contribution in [0, 0.1) is 6.92 Å². The molecule has 29 heavy (non-hydrogen) atoms. The number of benzene rings is 1. The number of aromatic nitrogens is 4. The number of imide groups is 1. The Morgan fingerprint density at radius 1 is 1.17 bits per heavy atom. The van der Waals surface area contributed by atoms with Gasteiger partial charge in [0, 0.05) is 29.5 Å². The highest BCUT2D eigenvalue weighted by Crippen LogP contribution is 2.31. The summed E-state index contributed by atoms with van der Waals surface area (Å²) in [5.74, 6) is 0.179. The monoisotopic (exact) mass is 430 g/mol. The van der Waals surface area contributed by atoms with Crippen molar-refractivity contribution in [3.05, 3.63) is 53.3 Å². The minimum Gasteiger partial charge on any atom is -0.338 e. The number of thioether (sulfide) groups is 1. The maximum atomic E-state index is 12.1. The van der Waals surface area contributed by atoms with Crippen molar-refractivity contribution in [1.29, 1.82) is 0 Å². The molecular formula is C19H19ClN6O2S. The molecule has 3 amide bonds. The number of urea groups is 1. The number of rotatable bonds is 6. The third-order valence-electron chi connectivity index (χ3n) is 3.97. The van der Waals surface area contributed by atoms with Gasteiger partial charge in [-0.2, -0.15) is 0 Å². The maximum absolute atomic E-state index is 12.1. The molecule has 0 atom stereocenters. The van der Waals surface area contributed by atoms with Crippen LogP contribution in [-0.4, -0.2) is 44.0 Å². The van der Waals surface area contributed by atoms with Gasteiger partial charge in [-0.1, -0.05) is 29.4 Å². The second kappa shape index (κ2) is 9.53. The van der Waals surface area contributed by atoms with Crippen molar-refractivity contribution < 1.29 is 9.59 Å². The molecule has 0 bridgehead atoms. The number of nitrogens with one attached hydrogen (secondary N) is 2. The van der Waals surface area contributed by atoms with Gasteiger partial charge < -0.3 is 5.32 Å². The fraction of sp³-hybridized carbons (Fsp3) is 0.211. The summed E-state index contributed by atoms with van der Waals surface area (Å²) in [6.07, 6.45) is 3.34. The molecule has 2 N–H and O–H groups in total. The Bertz CT molecular complexity index is 1020. The van der Waals surface area contributed by atoms with Crippen LogP contribution in [0.15, 0.2) is 47.9 Å². The predicted octanol–water partition coefficient (Wildman–Crippen LogP) is 3.23. The van der Waals surface area contributed by atoms with Gasteiger partial charge in [0.1, 0.15) is 0 Å². The van der Waals surface area contributed by atoms with Gasteiger partial charge in [-0.25, -0.2) is 4.79 Å². The largest absolute Gasteiger partial charge is 0.338 e. The first-order valence-corrected chi connectivity index (χ1v) is 10.2. The summed E-state index contributed by atoms with van der Waals surface area (Å²) in [6.45, 7) is 4.11. The number of amides is 3. The van der Waals surface area contributed by atoms with Gasteiger partial charge in [0.05, 0.1) is 11.4 Å². The Morgan fingerprint density at radius 2 is 1.93 bits per heavy atom. The molecule has 0 aliphatic carbocycles. The molecule has 0 saturated carbocycles. The van der Waals surface area contributed by atoms with Gasteiger partial charge in [-0.05, 0) is 43.7 Å². The van der Waals surface area contributed by atoms with E-state index >= 15 is 0 Å². The zero-order valence-corrected chi connectivity index (χ0v) is 17.4. The first-order valence-electron chi connectivity index (χ1n) is 8.83. The van der Waals surface area contributed by atoms with Crippen LogP contribution in [0.3, 0.4) is 0 Å². The summed E-state index contributed by atoms with van der Waals surface area (Å²) in [4.78, 5) is 27.6. The van der Waals surface area contributed by atoms with Crippen molar-refractivity contribution in [1.82, 2.24) is 30.4 Å². The van der Waals surface area contributed by atoms with E-state index in [0.717, 1.165) is 16.8 Å². The minimum absolute atomic E-state index is 0.00518. The number of hydrogen-bond acceptors (Lipinski definition) is 6. The summed E-state index contributed by atoms with van der Waals surface area (Å²) in [5.41, 5.74) is 2.49. The highest BCUT2D eigenvalue weighted by Gasteiger charge is 2.19. The van der Waals surface area contributed by atoms with Crippen LogP contribution >= 0.6 is 23.4 Å². The van der Waals surface area contributed by atoms with Crippen LogP contribution < -0.4 is 10.6 Å². The Hall–Kier alpha value is -2.91. The van der Waals surface area contributed by atoms with Crippen LogP contribution in [0.1, 0.15) is 12.5 Å². The van der Waals surface area contributed by atoms with Gasteiger partial charge >= 0.3 is 6.03 Å². The highest BCUT2D eigenvalue weighted by molar-refractivity contribution is 7.99. The summed E-state index contributed by atoms with van der Waals surface area (Å²) in [6, 6.07) is 8.70. The smallest absolute Gasteiger partial charge is 0.321 e. The number of carbonyl (C=O) groups excluding carboxylic acids is 2. The Labute approximate surface area is 177 Å². The van der Waals surface area contributed by atoms with Gasteiger partial charge in [0.25, 0.3) is 0 Å². The highest BCUT2D eigenvalue weighted by atomic mass is 35.5. The van der Waals surface area contributed by atoms with Crippen molar-refractivity contribution in [3.63, 3.8) is 0 Å². The molecular weight excluding hydrogens is 412 g/mol. The average Bonchev–Trinajstić information content (AvgIpc) is 3.13. The van der Waals surface area contributed by atoms with Crippen LogP contribution in [0.2, 0.25) is 5.02 Å². The third-order valence-corrected chi connectivity index (χ3v) is 5.31. The number of halogens is 1. The molecule has 2 aromatic heterocycles. The number of pyridine rings is 1. The zero-order chi connectivity index (χ0) is 20.8. The molecule has 0 radical (unpaired) electrons. The minimum atomic E-state index is -0.525. The SMILES string of the molecule is CCNC(=O)NC(=O)CSc1nnc(-c2ccncc2)n1-c1cccc(Cl)c1C. The van der Waals surface area contributed by atoms with Gasteiger partial charge in [-0.3, -0.25) is 19.7 Å². The Kier molecular flexibility index (Phi) is 6.84. The lowest BCUT2D eigenvalue weighted by molar-refractivity contribution is -0.117. The van der Waals surface area contributed by atoms with Crippen molar-refractivity contribution in [2.75, 3.05) is 12.3 Å². The molecule has 3 rings (SSSR count). The summed E-state index contributed by atoms with van der Waals surface area (Å²) in [7, 11) is 0. The Morgan fingerprint density at radius 3 is 2.66 bits per heavy atom. The van der Waals surface area contributed by atoms with E-state index in [1.807, 2.05) is 41.8 Å². The first kappa shape index (κ1) is 20.8. The molecule has 0 aliphatic rings. The fourth-order valence-electron chi connectivity index (χ4n) is 2.60. The van der Waals surface area contributed by atoms with Crippen LogP contribution in [0.5, 0.6) is 0 Å². The first-order chi connectivity index (χ1) is 14.0. The number of carbonyl (C=O) groups is 2. The molecule has 10 heteroatoms. The molecule has 0 spiro atoms. The van der Waals surface area contributed by atoms with Crippen LogP contribution in [-0.2, 0) is 4.79 Å². The maximum Gasteiger partial charge on any atom is 0.321 e. The van der Waals surface area contributed by atoms with Crippen LogP contribution in [0.25, 0.3) is 17.1 Å². The van der Waals surface area contributed by atoms with Gasteiger partial charge in [0.15, 0.2) is 11.0 Å². The van der Waals surface area contributed by atoms with Crippen molar-refractivity contribution in [2.24, 2.45) is 0 Å². The standard InChI is InChI=1S/C19H19ClN6O2S/c1-3-22-18(28)23-16(27)11-29-19-25-24-17(13-7-9-21-10-8-13)26(19)15-6-4-5-14(20)12(15)2/h4-10H,3,11H2,1-2H3,(H2,22,23,27,28). The lowest BCUT2D eigenvalue weighted by atomic mass is 10.2. The Balaban J connectivity index is 1.94. The second-order valence-electron chi connectivity index (χ2n) is 5.96. The third kappa shape index (κ3) is 4.93. The molecule has 150 valence electrons. The zero-order valence-electron chi connectivity index (χ0n) is 15.8. The van der Waals surface area contributed by atoms with E-state index in [4.69, 9.17) is 11.6 Å². The number of hydrogen-bond donors (Lipinski definition) is 2. The molecule has 0 aliphatic heterocycles. The van der Waals surface area contributed by atoms with E-state index < -0.39 is 11.9 Å². The second-order valence-corrected chi connectivity index (χ2v) is 7.31. The lowest BCUT2D eigenvalue weighted by Gasteiger charge is -2.13. The van der Waals surface area contributed by atoms with E-state index in [1.54, 1.807) is 19.3 Å². The van der Waals surface area contributed by atoms with E-state index in [9.17, 15) is 9.59 Å². The molecule has 2 heterocycles. The van der Waals surface area contributed by atoms with E-state index in [2.05, 4.69) is 25.8 Å². The molecule has 3 aromatic rings.